The quantitative estimate of drug-likeness (QED) is 0.817. The third kappa shape index (κ3) is 4.37. The molecule has 6 nitrogen and oxygen atoms in total. The summed E-state index contributed by atoms with van der Waals surface area (Å²) in [7, 11) is 1.30. The molecule has 0 aliphatic heterocycles. The van der Waals surface area contributed by atoms with E-state index in [4.69, 9.17) is 14.2 Å². The van der Waals surface area contributed by atoms with Gasteiger partial charge in [-0.25, -0.2) is 9.59 Å². The van der Waals surface area contributed by atoms with E-state index < -0.39 is 12.1 Å². The Kier molecular flexibility index (Phi) is 6.52. The number of esters is 1. The van der Waals surface area contributed by atoms with Crippen molar-refractivity contribution in [3.05, 3.63) is 23.3 Å². The first-order valence-corrected chi connectivity index (χ1v) is 6.89. The van der Waals surface area contributed by atoms with Crippen LogP contribution in [0.5, 0.6) is 5.75 Å². The molecular formula is C15H21NO5. The van der Waals surface area contributed by atoms with Gasteiger partial charge in [0.25, 0.3) is 0 Å². The predicted octanol–water partition coefficient (Wildman–Crippen LogP) is 3.00. The van der Waals surface area contributed by atoms with Crippen molar-refractivity contribution in [1.82, 2.24) is 0 Å². The number of carbonyl (C=O) groups is 2. The van der Waals surface area contributed by atoms with E-state index in [1.165, 1.54) is 7.11 Å². The van der Waals surface area contributed by atoms with Crippen molar-refractivity contribution in [3.8, 4) is 5.75 Å². The van der Waals surface area contributed by atoms with Gasteiger partial charge in [-0.05, 0) is 31.9 Å². The molecule has 0 saturated carbocycles. The molecule has 0 unspecified atom stereocenters. The molecule has 0 atom stereocenters. The molecule has 0 bridgehead atoms. The van der Waals surface area contributed by atoms with Gasteiger partial charge >= 0.3 is 12.1 Å². The fourth-order valence-electron chi connectivity index (χ4n) is 1.92. The Balaban J connectivity index is 3.29. The van der Waals surface area contributed by atoms with E-state index in [1.54, 1.807) is 19.1 Å². The monoisotopic (exact) mass is 295 g/mol. The van der Waals surface area contributed by atoms with Gasteiger partial charge in [0.15, 0.2) is 0 Å². The summed E-state index contributed by atoms with van der Waals surface area (Å²) in [6.45, 7) is 6.20. The molecule has 116 valence electrons. The zero-order chi connectivity index (χ0) is 15.8. The molecule has 21 heavy (non-hydrogen) atoms. The molecule has 0 fully saturated rings. The van der Waals surface area contributed by atoms with Gasteiger partial charge < -0.3 is 14.2 Å². The molecule has 0 spiro atoms. The number of benzene rings is 1. The maximum atomic E-state index is 12.0. The van der Waals surface area contributed by atoms with Crippen molar-refractivity contribution in [3.63, 3.8) is 0 Å². The van der Waals surface area contributed by atoms with Crippen molar-refractivity contribution in [1.29, 1.82) is 0 Å². The van der Waals surface area contributed by atoms with E-state index >= 15 is 0 Å². The Labute approximate surface area is 124 Å². The zero-order valence-electron chi connectivity index (χ0n) is 12.8. The number of rotatable bonds is 6. The lowest BCUT2D eigenvalue weighted by molar-refractivity contribution is 0.0600. The molecule has 1 amide bonds. The predicted molar refractivity (Wildman–Crippen MR) is 79.0 cm³/mol. The Morgan fingerprint density at radius 2 is 1.86 bits per heavy atom. The van der Waals surface area contributed by atoms with Crippen LogP contribution >= 0.6 is 0 Å². The summed E-state index contributed by atoms with van der Waals surface area (Å²) in [4.78, 5) is 23.6. The molecule has 1 rings (SSSR count). The molecule has 0 aromatic heterocycles. The second-order valence-corrected chi connectivity index (χ2v) is 4.13. The van der Waals surface area contributed by atoms with E-state index in [0.29, 0.717) is 30.0 Å². The standard InChI is InChI=1S/C15H21NO5/c1-5-10-8-11(20-6-2)9-12(13(10)14(17)19-4)16-15(18)21-7-3/h8-9H,5-7H2,1-4H3,(H,16,18). The van der Waals surface area contributed by atoms with Crippen LogP contribution in [0.15, 0.2) is 12.1 Å². The van der Waals surface area contributed by atoms with Crippen LogP contribution in [0.2, 0.25) is 0 Å². The lowest BCUT2D eigenvalue weighted by Gasteiger charge is -2.15. The molecule has 0 heterocycles. The van der Waals surface area contributed by atoms with Gasteiger partial charge in [0, 0.05) is 6.07 Å². The topological polar surface area (TPSA) is 73.9 Å². The lowest BCUT2D eigenvalue weighted by atomic mass is 10.0. The minimum atomic E-state index is -0.627. The molecule has 6 heteroatoms. The van der Waals surface area contributed by atoms with Crippen molar-refractivity contribution in [2.24, 2.45) is 0 Å². The normalized spacial score (nSPS) is 9.90. The van der Waals surface area contributed by atoms with Crippen molar-refractivity contribution >= 4 is 17.7 Å². The van der Waals surface area contributed by atoms with Crippen LogP contribution in [-0.2, 0) is 15.9 Å². The van der Waals surface area contributed by atoms with Gasteiger partial charge in [0.1, 0.15) is 5.75 Å². The number of nitrogens with one attached hydrogen (secondary N) is 1. The third-order valence-corrected chi connectivity index (χ3v) is 2.79. The molecular weight excluding hydrogens is 274 g/mol. The van der Waals surface area contributed by atoms with Crippen molar-refractivity contribution < 1.29 is 23.8 Å². The first-order valence-electron chi connectivity index (χ1n) is 6.89. The molecule has 0 radical (unpaired) electrons. The van der Waals surface area contributed by atoms with Crippen LogP contribution in [0.3, 0.4) is 0 Å². The van der Waals surface area contributed by atoms with Gasteiger partial charge in [0.2, 0.25) is 0 Å². The van der Waals surface area contributed by atoms with Gasteiger partial charge in [-0.2, -0.15) is 0 Å². The van der Waals surface area contributed by atoms with E-state index in [0.717, 1.165) is 5.56 Å². The van der Waals surface area contributed by atoms with Crippen molar-refractivity contribution in [2.75, 3.05) is 25.6 Å². The number of methoxy groups -OCH3 is 1. The Bertz CT molecular complexity index is 513. The summed E-state index contributed by atoms with van der Waals surface area (Å²) in [6, 6.07) is 3.36. The molecule has 1 N–H and O–H groups in total. The largest absolute Gasteiger partial charge is 0.494 e. The Morgan fingerprint density at radius 1 is 1.14 bits per heavy atom. The van der Waals surface area contributed by atoms with Gasteiger partial charge in [-0.15, -0.1) is 0 Å². The highest BCUT2D eigenvalue weighted by Crippen LogP contribution is 2.28. The van der Waals surface area contributed by atoms with Crippen LogP contribution < -0.4 is 10.1 Å². The van der Waals surface area contributed by atoms with Crippen LogP contribution in [0.1, 0.15) is 36.7 Å². The highest BCUT2D eigenvalue weighted by Gasteiger charge is 2.20. The lowest BCUT2D eigenvalue weighted by Crippen LogP contribution is -2.18. The molecule has 1 aromatic rings. The zero-order valence-corrected chi connectivity index (χ0v) is 12.8. The van der Waals surface area contributed by atoms with Crippen LogP contribution in [-0.4, -0.2) is 32.4 Å². The van der Waals surface area contributed by atoms with Crippen LogP contribution in [0, 0.1) is 0 Å². The Morgan fingerprint density at radius 3 is 2.38 bits per heavy atom. The number of ether oxygens (including phenoxy) is 3. The number of amides is 1. The second kappa shape index (κ2) is 8.14. The summed E-state index contributed by atoms with van der Waals surface area (Å²) in [6.07, 6.45) is -0.0265. The highest BCUT2D eigenvalue weighted by atomic mass is 16.5. The van der Waals surface area contributed by atoms with Crippen LogP contribution in [0.25, 0.3) is 0 Å². The summed E-state index contributed by atoms with van der Waals surface area (Å²) < 4.78 is 15.1. The number of hydrogen-bond acceptors (Lipinski definition) is 5. The van der Waals surface area contributed by atoms with Crippen LogP contribution in [0.4, 0.5) is 10.5 Å². The first kappa shape index (κ1) is 16.8. The van der Waals surface area contributed by atoms with Gasteiger partial charge in [0.05, 0.1) is 31.6 Å². The molecule has 1 aromatic carbocycles. The minimum Gasteiger partial charge on any atom is -0.494 e. The molecule has 0 saturated heterocycles. The maximum absolute atomic E-state index is 12.0. The van der Waals surface area contributed by atoms with Gasteiger partial charge in [-0.3, -0.25) is 5.32 Å². The number of aryl methyl sites for hydroxylation is 1. The highest BCUT2D eigenvalue weighted by molar-refractivity contribution is 6.01. The second-order valence-electron chi connectivity index (χ2n) is 4.13. The molecule has 0 aliphatic carbocycles. The minimum absolute atomic E-state index is 0.241. The van der Waals surface area contributed by atoms with Crippen molar-refractivity contribution in [2.45, 2.75) is 27.2 Å². The summed E-state index contributed by atoms with van der Waals surface area (Å²) >= 11 is 0. The van der Waals surface area contributed by atoms with Gasteiger partial charge in [-0.1, -0.05) is 6.92 Å². The first-order chi connectivity index (χ1) is 10.1. The Hall–Kier alpha value is -2.24. The number of hydrogen-bond donors (Lipinski definition) is 1. The molecule has 0 aliphatic rings. The summed E-state index contributed by atoms with van der Waals surface area (Å²) in [5.74, 6) is 0.0653. The fraction of sp³-hybridized carbons (Fsp3) is 0.467. The summed E-state index contributed by atoms with van der Waals surface area (Å²) in [5, 5.41) is 2.56. The van der Waals surface area contributed by atoms with E-state index in [1.807, 2.05) is 13.8 Å². The van der Waals surface area contributed by atoms with E-state index in [9.17, 15) is 9.59 Å². The van der Waals surface area contributed by atoms with E-state index in [-0.39, 0.29) is 6.61 Å². The average molecular weight is 295 g/mol. The SMILES string of the molecule is CCOC(=O)Nc1cc(OCC)cc(CC)c1C(=O)OC. The number of anilines is 1. The summed E-state index contributed by atoms with van der Waals surface area (Å²) in [5.41, 5.74) is 1.37. The van der Waals surface area contributed by atoms with E-state index in [2.05, 4.69) is 5.32 Å². The fourth-order valence-corrected chi connectivity index (χ4v) is 1.92. The smallest absolute Gasteiger partial charge is 0.411 e. The number of carbonyl (C=O) groups excluding carboxylic acids is 2. The third-order valence-electron chi connectivity index (χ3n) is 2.79. The maximum Gasteiger partial charge on any atom is 0.411 e. The average Bonchev–Trinajstić information content (AvgIpc) is 2.46.